The number of amides is 2. The van der Waals surface area contributed by atoms with Crippen molar-refractivity contribution in [3.63, 3.8) is 0 Å². The molecule has 0 spiro atoms. The van der Waals surface area contributed by atoms with Crippen molar-refractivity contribution < 1.29 is 28.7 Å². The summed E-state index contributed by atoms with van der Waals surface area (Å²) in [6.45, 7) is 1.03. The van der Waals surface area contributed by atoms with Gasteiger partial charge in [-0.25, -0.2) is 4.79 Å². The van der Waals surface area contributed by atoms with Gasteiger partial charge in [-0.1, -0.05) is 12.1 Å². The van der Waals surface area contributed by atoms with Gasteiger partial charge >= 0.3 is 5.97 Å². The number of fused-ring (bicyclic) bond motifs is 5. The molecule has 28 heavy (non-hydrogen) atoms. The van der Waals surface area contributed by atoms with Gasteiger partial charge in [0.2, 0.25) is 11.8 Å². The molecule has 0 radical (unpaired) electrons. The van der Waals surface area contributed by atoms with Crippen LogP contribution in [0, 0.1) is 23.7 Å². The van der Waals surface area contributed by atoms with Gasteiger partial charge in [-0.05, 0) is 50.2 Å². The van der Waals surface area contributed by atoms with Gasteiger partial charge in [-0.3, -0.25) is 19.3 Å². The second kappa shape index (κ2) is 7.04. The van der Waals surface area contributed by atoms with Gasteiger partial charge in [0.1, 0.15) is 11.8 Å². The van der Waals surface area contributed by atoms with Gasteiger partial charge in [-0.2, -0.15) is 0 Å². The molecular formula is C21H23NO6. The standard InChI is InChI=1S/C21H23NO6/c1-11(21(26)28-10-16(23)12-4-3-5-15(9-12)27-2)22-19(24)17-13-6-7-14(8-13)18(17)20(22)25/h3-5,9,11,13-14,17-18H,6-8,10H2,1-2H3/t11-,13-,14+,17-,18-/m0/s1. The van der Waals surface area contributed by atoms with Crippen LogP contribution in [0.4, 0.5) is 0 Å². The van der Waals surface area contributed by atoms with Gasteiger partial charge in [0.05, 0.1) is 18.9 Å². The summed E-state index contributed by atoms with van der Waals surface area (Å²) in [7, 11) is 1.50. The number of benzene rings is 1. The number of ether oxygens (including phenoxy) is 2. The molecule has 5 atom stereocenters. The molecule has 2 amide bonds. The van der Waals surface area contributed by atoms with E-state index in [1.165, 1.54) is 14.0 Å². The number of carbonyl (C=O) groups excluding carboxylic acids is 4. The van der Waals surface area contributed by atoms with Crippen LogP contribution in [0.2, 0.25) is 0 Å². The number of Topliss-reactive ketones (excluding diaryl/α,β-unsaturated/α-hetero) is 1. The second-order valence-electron chi connectivity index (χ2n) is 7.87. The molecule has 1 aliphatic heterocycles. The molecule has 2 saturated carbocycles. The van der Waals surface area contributed by atoms with Crippen LogP contribution in [0.15, 0.2) is 24.3 Å². The number of likely N-dealkylation sites (tertiary alicyclic amines) is 1. The van der Waals surface area contributed by atoms with Crippen LogP contribution in [0.25, 0.3) is 0 Å². The van der Waals surface area contributed by atoms with Gasteiger partial charge in [0.15, 0.2) is 12.4 Å². The Hall–Kier alpha value is -2.70. The highest BCUT2D eigenvalue weighted by atomic mass is 16.5. The maximum Gasteiger partial charge on any atom is 0.329 e. The number of hydrogen-bond donors (Lipinski definition) is 0. The molecule has 3 aliphatic rings. The average Bonchev–Trinajstić information content (AvgIpc) is 3.39. The number of imide groups is 1. The first-order valence-electron chi connectivity index (χ1n) is 9.63. The normalized spacial score (nSPS) is 29.0. The van der Waals surface area contributed by atoms with Gasteiger partial charge < -0.3 is 9.47 Å². The number of esters is 1. The third-order valence-electron chi connectivity index (χ3n) is 6.43. The Kier molecular flexibility index (Phi) is 4.69. The van der Waals surface area contributed by atoms with Gasteiger partial charge in [-0.15, -0.1) is 0 Å². The fourth-order valence-electron chi connectivity index (χ4n) is 5.06. The summed E-state index contributed by atoms with van der Waals surface area (Å²) in [5.41, 5.74) is 0.360. The van der Waals surface area contributed by atoms with Crippen molar-refractivity contribution in [2.75, 3.05) is 13.7 Å². The predicted molar refractivity (Wildman–Crippen MR) is 97.4 cm³/mol. The fraction of sp³-hybridized carbons (Fsp3) is 0.524. The second-order valence-corrected chi connectivity index (χ2v) is 7.87. The zero-order valence-corrected chi connectivity index (χ0v) is 15.9. The molecular weight excluding hydrogens is 362 g/mol. The zero-order valence-electron chi connectivity index (χ0n) is 15.9. The smallest absolute Gasteiger partial charge is 0.329 e. The lowest BCUT2D eigenvalue weighted by Crippen LogP contribution is -2.45. The third-order valence-corrected chi connectivity index (χ3v) is 6.43. The van der Waals surface area contributed by atoms with Crippen LogP contribution in [0.3, 0.4) is 0 Å². The lowest BCUT2D eigenvalue weighted by molar-refractivity contribution is -0.157. The number of nitrogens with zero attached hydrogens (tertiary/aromatic N) is 1. The van der Waals surface area contributed by atoms with Crippen LogP contribution >= 0.6 is 0 Å². The lowest BCUT2D eigenvalue weighted by atomic mass is 9.81. The SMILES string of the molecule is COc1cccc(C(=O)COC(=O)[C@H](C)N2C(=O)[C@H]3[C@@H]4CC[C@@H](C4)[C@@H]3C2=O)c1. The summed E-state index contributed by atoms with van der Waals surface area (Å²) in [6.07, 6.45) is 2.90. The Morgan fingerprint density at radius 2 is 1.79 bits per heavy atom. The Balaban J connectivity index is 1.39. The van der Waals surface area contributed by atoms with Crippen molar-refractivity contribution in [2.24, 2.45) is 23.7 Å². The third kappa shape index (κ3) is 2.89. The fourth-order valence-corrected chi connectivity index (χ4v) is 5.06. The van der Waals surface area contributed by atoms with E-state index in [0.717, 1.165) is 24.2 Å². The monoisotopic (exact) mass is 385 g/mol. The molecule has 0 N–H and O–H groups in total. The summed E-state index contributed by atoms with van der Waals surface area (Å²) in [5.74, 6) is -1.15. The first kappa shape index (κ1) is 18.7. The minimum absolute atomic E-state index is 0.259. The van der Waals surface area contributed by atoms with Crippen molar-refractivity contribution in [2.45, 2.75) is 32.2 Å². The number of ketones is 1. The Labute approximate surface area is 163 Å². The van der Waals surface area contributed by atoms with Crippen LogP contribution in [-0.4, -0.2) is 48.2 Å². The molecule has 0 unspecified atom stereocenters. The highest BCUT2D eigenvalue weighted by molar-refractivity contribution is 6.08. The highest BCUT2D eigenvalue weighted by Gasteiger charge is 2.62. The van der Waals surface area contributed by atoms with E-state index in [2.05, 4.69) is 0 Å². The van der Waals surface area contributed by atoms with E-state index >= 15 is 0 Å². The van der Waals surface area contributed by atoms with E-state index < -0.39 is 18.6 Å². The summed E-state index contributed by atoms with van der Waals surface area (Å²) < 4.78 is 10.2. The molecule has 2 aliphatic carbocycles. The summed E-state index contributed by atoms with van der Waals surface area (Å²) in [5, 5.41) is 0. The Morgan fingerprint density at radius 3 is 2.39 bits per heavy atom. The topological polar surface area (TPSA) is 90.0 Å². The molecule has 1 heterocycles. The molecule has 1 aromatic carbocycles. The number of hydrogen-bond acceptors (Lipinski definition) is 6. The van der Waals surface area contributed by atoms with E-state index in [4.69, 9.17) is 9.47 Å². The molecule has 3 fully saturated rings. The minimum Gasteiger partial charge on any atom is -0.497 e. The Bertz CT molecular complexity index is 821. The predicted octanol–water partition coefficient (Wildman–Crippen LogP) is 1.84. The quantitative estimate of drug-likeness (QED) is 0.422. The lowest BCUT2D eigenvalue weighted by Gasteiger charge is -2.22. The maximum atomic E-state index is 12.8. The van der Waals surface area contributed by atoms with Crippen LogP contribution in [-0.2, 0) is 19.1 Å². The summed E-state index contributed by atoms with van der Waals surface area (Å²) >= 11 is 0. The number of methoxy groups -OCH3 is 1. The van der Waals surface area contributed by atoms with E-state index in [1.807, 2.05) is 0 Å². The van der Waals surface area contributed by atoms with Gasteiger partial charge in [0.25, 0.3) is 0 Å². The maximum absolute atomic E-state index is 12.8. The largest absolute Gasteiger partial charge is 0.497 e. The van der Waals surface area contributed by atoms with Gasteiger partial charge in [0, 0.05) is 5.56 Å². The molecule has 7 nitrogen and oxygen atoms in total. The Morgan fingerprint density at radius 1 is 1.14 bits per heavy atom. The van der Waals surface area contributed by atoms with Crippen LogP contribution in [0.5, 0.6) is 5.75 Å². The van der Waals surface area contributed by atoms with E-state index in [0.29, 0.717) is 11.3 Å². The molecule has 1 saturated heterocycles. The first-order valence-corrected chi connectivity index (χ1v) is 9.63. The first-order chi connectivity index (χ1) is 13.4. The highest BCUT2D eigenvalue weighted by Crippen LogP contribution is 2.56. The molecule has 0 aromatic heterocycles. The minimum atomic E-state index is -1.02. The molecule has 4 rings (SSSR count). The van der Waals surface area contributed by atoms with E-state index in [1.54, 1.807) is 24.3 Å². The molecule has 1 aromatic rings. The van der Waals surface area contributed by atoms with Crippen LogP contribution in [0.1, 0.15) is 36.5 Å². The van der Waals surface area contributed by atoms with Crippen LogP contribution < -0.4 is 4.74 Å². The summed E-state index contributed by atoms with van der Waals surface area (Å²) in [4.78, 5) is 51.3. The van der Waals surface area contributed by atoms with Crippen molar-refractivity contribution in [3.8, 4) is 5.75 Å². The zero-order chi connectivity index (χ0) is 20.0. The number of carbonyl (C=O) groups is 4. The molecule has 7 heteroatoms. The van der Waals surface area contributed by atoms with E-state index in [-0.39, 0.29) is 41.3 Å². The van der Waals surface area contributed by atoms with Crippen molar-refractivity contribution in [1.82, 2.24) is 4.90 Å². The van der Waals surface area contributed by atoms with Crippen molar-refractivity contribution in [1.29, 1.82) is 0 Å². The number of rotatable bonds is 6. The van der Waals surface area contributed by atoms with Crippen molar-refractivity contribution >= 4 is 23.6 Å². The molecule has 2 bridgehead atoms. The molecule has 148 valence electrons. The van der Waals surface area contributed by atoms with E-state index in [9.17, 15) is 19.2 Å². The average molecular weight is 385 g/mol. The summed E-state index contributed by atoms with van der Waals surface area (Å²) in [6, 6.07) is 5.52. The van der Waals surface area contributed by atoms with Crippen molar-refractivity contribution in [3.05, 3.63) is 29.8 Å².